The molecule has 0 atom stereocenters. The van der Waals surface area contributed by atoms with Gasteiger partial charge >= 0.3 is 6.09 Å². The topological polar surface area (TPSA) is 41.6 Å². The van der Waals surface area contributed by atoms with E-state index in [-0.39, 0.29) is 6.09 Å². The van der Waals surface area contributed by atoms with Gasteiger partial charge < -0.3 is 10.1 Å². The number of carbonyl (C=O) groups is 1. The van der Waals surface area contributed by atoms with Crippen LogP contribution in [0, 0.1) is 19.8 Å². The molecule has 0 radical (unpaired) electrons. The fourth-order valence-electron chi connectivity index (χ4n) is 3.28. The number of amides is 1. The van der Waals surface area contributed by atoms with Gasteiger partial charge in [0, 0.05) is 17.6 Å². The zero-order valence-corrected chi connectivity index (χ0v) is 17.7. The summed E-state index contributed by atoms with van der Waals surface area (Å²) in [6, 6.07) is 4.54. The monoisotopic (exact) mass is 410 g/mol. The van der Waals surface area contributed by atoms with Crippen molar-refractivity contribution in [2.45, 2.75) is 59.6 Å². The number of ether oxygens (including phenoxy) is 1. The predicted octanol–water partition coefficient (Wildman–Crippen LogP) is 4.80. The highest BCUT2D eigenvalue weighted by Crippen LogP contribution is 2.24. The highest BCUT2D eigenvalue weighted by Gasteiger charge is 2.21. The van der Waals surface area contributed by atoms with E-state index in [1.165, 1.54) is 21.2 Å². The number of aryl methyl sites for hydroxylation is 2. The molecule has 2 rings (SSSR count). The molecule has 1 aliphatic rings. The summed E-state index contributed by atoms with van der Waals surface area (Å²) in [7, 11) is 0. The molecule has 1 amide bonds. The van der Waals surface area contributed by atoms with Gasteiger partial charge in [-0.2, -0.15) is 0 Å². The Hall–Kier alpha value is -1.07. The van der Waals surface area contributed by atoms with Gasteiger partial charge in [0.25, 0.3) is 0 Å². The van der Waals surface area contributed by atoms with Crippen molar-refractivity contribution in [3.63, 3.8) is 0 Å². The SMILES string of the molecule is Cc1cc(CN2CCC(CNC(=O)OC(C)(C)C)CC2)cc(C)c1Br. The van der Waals surface area contributed by atoms with E-state index in [1.54, 1.807) is 0 Å². The molecule has 5 heteroatoms. The summed E-state index contributed by atoms with van der Waals surface area (Å²) >= 11 is 3.63. The fourth-order valence-corrected chi connectivity index (χ4v) is 3.50. The molecule has 0 saturated carbocycles. The maximum absolute atomic E-state index is 11.8. The molecule has 1 heterocycles. The van der Waals surface area contributed by atoms with Crippen LogP contribution in [0.4, 0.5) is 4.79 Å². The van der Waals surface area contributed by atoms with E-state index >= 15 is 0 Å². The first-order chi connectivity index (χ1) is 11.6. The molecule has 0 aliphatic carbocycles. The molecule has 0 aromatic heterocycles. The van der Waals surface area contributed by atoms with E-state index < -0.39 is 5.60 Å². The Kier molecular flexibility index (Phi) is 6.92. The second-order valence-corrected chi connectivity index (χ2v) is 8.94. The first kappa shape index (κ1) is 20.2. The Morgan fingerprint density at radius 2 is 1.80 bits per heavy atom. The minimum absolute atomic E-state index is 0.309. The number of likely N-dealkylation sites (tertiary alicyclic amines) is 1. The van der Waals surface area contributed by atoms with Crippen molar-refractivity contribution in [2.24, 2.45) is 5.92 Å². The van der Waals surface area contributed by atoms with E-state index in [4.69, 9.17) is 4.74 Å². The smallest absolute Gasteiger partial charge is 0.407 e. The largest absolute Gasteiger partial charge is 0.444 e. The number of nitrogens with one attached hydrogen (secondary N) is 1. The van der Waals surface area contributed by atoms with E-state index in [9.17, 15) is 4.79 Å². The molecule has 0 bridgehead atoms. The van der Waals surface area contributed by atoms with Crippen LogP contribution in [0.1, 0.15) is 50.3 Å². The summed E-state index contributed by atoms with van der Waals surface area (Å²) in [6.45, 7) is 13.8. The Bertz CT molecular complexity index is 579. The Morgan fingerprint density at radius 3 is 2.32 bits per heavy atom. The maximum atomic E-state index is 11.8. The molecule has 0 unspecified atom stereocenters. The van der Waals surface area contributed by atoms with Gasteiger partial charge in [0.15, 0.2) is 0 Å². The average molecular weight is 411 g/mol. The minimum atomic E-state index is -0.436. The maximum Gasteiger partial charge on any atom is 0.407 e. The van der Waals surface area contributed by atoms with E-state index in [1.807, 2.05) is 20.8 Å². The van der Waals surface area contributed by atoms with Crippen LogP contribution in [0.2, 0.25) is 0 Å². The molecule has 0 spiro atoms. The number of nitrogens with zero attached hydrogens (tertiary/aromatic N) is 1. The lowest BCUT2D eigenvalue weighted by Gasteiger charge is -2.32. The van der Waals surface area contributed by atoms with Gasteiger partial charge in [-0.1, -0.05) is 28.1 Å². The van der Waals surface area contributed by atoms with E-state index in [0.29, 0.717) is 12.5 Å². The normalized spacial score (nSPS) is 16.7. The fraction of sp³-hybridized carbons (Fsp3) is 0.650. The van der Waals surface area contributed by atoms with Crippen LogP contribution in [0.5, 0.6) is 0 Å². The van der Waals surface area contributed by atoms with Crippen LogP contribution in [0.3, 0.4) is 0 Å². The Balaban J connectivity index is 1.75. The number of hydrogen-bond donors (Lipinski definition) is 1. The third-order valence-corrected chi connectivity index (χ3v) is 5.79. The van der Waals surface area contributed by atoms with Crippen LogP contribution < -0.4 is 5.32 Å². The lowest BCUT2D eigenvalue weighted by atomic mass is 9.96. The van der Waals surface area contributed by atoms with Crippen molar-refractivity contribution in [1.82, 2.24) is 10.2 Å². The average Bonchev–Trinajstić information content (AvgIpc) is 2.50. The summed E-state index contributed by atoms with van der Waals surface area (Å²) < 4.78 is 6.51. The molecular weight excluding hydrogens is 380 g/mol. The molecule has 1 aliphatic heterocycles. The predicted molar refractivity (Wildman–Crippen MR) is 106 cm³/mol. The van der Waals surface area contributed by atoms with Crippen LogP contribution in [0.25, 0.3) is 0 Å². The van der Waals surface area contributed by atoms with Crippen LogP contribution in [-0.4, -0.2) is 36.2 Å². The molecule has 1 saturated heterocycles. The number of halogens is 1. The zero-order chi connectivity index (χ0) is 18.6. The van der Waals surface area contributed by atoms with Gasteiger partial charge in [0.2, 0.25) is 0 Å². The van der Waals surface area contributed by atoms with Crippen molar-refractivity contribution in [3.8, 4) is 0 Å². The summed E-state index contributed by atoms with van der Waals surface area (Å²) in [5, 5.41) is 2.91. The van der Waals surface area contributed by atoms with Crippen molar-refractivity contribution in [2.75, 3.05) is 19.6 Å². The minimum Gasteiger partial charge on any atom is -0.444 e. The van der Waals surface area contributed by atoms with Gasteiger partial charge in [0.1, 0.15) is 5.60 Å². The number of piperidine rings is 1. The quantitative estimate of drug-likeness (QED) is 0.774. The molecule has 4 nitrogen and oxygen atoms in total. The molecular formula is C20H31BrN2O2. The molecule has 140 valence electrons. The third kappa shape index (κ3) is 6.63. The molecule has 1 aromatic carbocycles. The van der Waals surface area contributed by atoms with Crippen LogP contribution in [0.15, 0.2) is 16.6 Å². The van der Waals surface area contributed by atoms with Crippen molar-refractivity contribution in [1.29, 1.82) is 0 Å². The van der Waals surface area contributed by atoms with Crippen LogP contribution in [-0.2, 0) is 11.3 Å². The van der Waals surface area contributed by atoms with Crippen molar-refractivity contribution in [3.05, 3.63) is 33.3 Å². The van der Waals surface area contributed by atoms with E-state index in [2.05, 4.69) is 52.1 Å². The Morgan fingerprint density at radius 1 is 1.24 bits per heavy atom. The number of rotatable bonds is 4. The third-order valence-electron chi connectivity index (χ3n) is 4.54. The van der Waals surface area contributed by atoms with E-state index in [0.717, 1.165) is 32.5 Å². The Labute approximate surface area is 160 Å². The highest BCUT2D eigenvalue weighted by molar-refractivity contribution is 9.10. The van der Waals surface area contributed by atoms with Crippen molar-refractivity contribution < 1.29 is 9.53 Å². The van der Waals surface area contributed by atoms with Gasteiger partial charge in [-0.05, 0) is 83.2 Å². The van der Waals surface area contributed by atoms with Gasteiger partial charge in [-0.3, -0.25) is 4.90 Å². The molecule has 1 fully saturated rings. The van der Waals surface area contributed by atoms with Crippen molar-refractivity contribution >= 4 is 22.0 Å². The second kappa shape index (κ2) is 8.54. The first-order valence-corrected chi connectivity index (χ1v) is 9.88. The molecule has 25 heavy (non-hydrogen) atoms. The first-order valence-electron chi connectivity index (χ1n) is 9.09. The second-order valence-electron chi connectivity index (χ2n) is 8.15. The molecule has 1 N–H and O–H groups in total. The zero-order valence-electron chi connectivity index (χ0n) is 16.1. The lowest BCUT2D eigenvalue weighted by molar-refractivity contribution is 0.0509. The highest BCUT2D eigenvalue weighted by atomic mass is 79.9. The molecule has 1 aromatic rings. The number of alkyl carbamates (subject to hydrolysis) is 1. The van der Waals surface area contributed by atoms with Crippen LogP contribution >= 0.6 is 15.9 Å². The number of benzene rings is 1. The summed E-state index contributed by atoms with van der Waals surface area (Å²) in [6.07, 6.45) is 1.92. The number of hydrogen-bond acceptors (Lipinski definition) is 3. The van der Waals surface area contributed by atoms with Gasteiger partial charge in [-0.15, -0.1) is 0 Å². The summed E-state index contributed by atoms with van der Waals surface area (Å²) in [5.74, 6) is 0.539. The van der Waals surface area contributed by atoms with Gasteiger partial charge in [0.05, 0.1) is 0 Å². The lowest BCUT2D eigenvalue weighted by Crippen LogP contribution is -2.40. The van der Waals surface area contributed by atoms with Gasteiger partial charge in [-0.25, -0.2) is 4.79 Å². The summed E-state index contributed by atoms with van der Waals surface area (Å²) in [4.78, 5) is 14.3. The summed E-state index contributed by atoms with van der Waals surface area (Å²) in [5.41, 5.74) is 3.54. The standard InChI is InChI=1S/C20H31BrN2O2/c1-14-10-17(11-15(2)18(14)21)13-23-8-6-16(7-9-23)12-22-19(24)25-20(3,4)5/h10-11,16H,6-9,12-13H2,1-5H3,(H,22,24). The number of carbonyl (C=O) groups excluding carboxylic acids is 1.